The summed E-state index contributed by atoms with van der Waals surface area (Å²) in [6.07, 6.45) is 0.327. The molecule has 1 unspecified atom stereocenters. The van der Waals surface area contributed by atoms with Crippen molar-refractivity contribution in [2.45, 2.75) is 12.5 Å². The van der Waals surface area contributed by atoms with E-state index in [1.807, 2.05) is 0 Å². The van der Waals surface area contributed by atoms with E-state index in [0.29, 0.717) is 18.5 Å². The zero-order chi connectivity index (χ0) is 13.5. The van der Waals surface area contributed by atoms with Gasteiger partial charge in [0.15, 0.2) is 0 Å². The lowest BCUT2D eigenvalue weighted by atomic mass is 10.2. The predicted molar refractivity (Wildman–Crippen MR) is 66.5 cm³/mol. The maximum absolute atomic E-state index is 11.2. The monoisotopic (exact) mass is 252 g/mol. The number of carbonyl (C=O) groups is 2. The van der Waals surface area contributed by atoms with Crippen molar-refractivity contribution in [1.29, 1.82) is 0 Å². The summed E-state index contributed by atoms with van der Waals surface area (Å²) in [6.45, 7) is 0.449. The number of nitrogens with two attached hydrogens (primary N) is 1. The minimum absolute atomic E-state index is 0.327. The molecule has 0 saturated carbocycles. The Hall–Kier alpha value is -2.08. The number of methoxy groups -OCH3 is 1. The molecular weight excluding hydrogens is 236 g/mol. The second-order valence-corrected chi connectivity index (χ2v) is 3.73. The number of carboxylic acid groups (broad SMARTS) is 1. The standard InChI is InChI=1S/C12H16N2O4/c1-18-12(17)8-2-4-9(5-3-8)14-7-6-10(13)11(15)16/h2-5,10,14H,6-7,13H2,1H3,(H,15,16). The third kappa shape index (κ3) is 4.06. The van der Waals surface area contributed by atoms with Gasteiger partial charge < -0.3 is 20.9 Å². The fourth-order valence-electron chi connectivity index (χ4n) is 1.34. The highest BCUT2D eigenvalue weighted by Gasteiger charge is 2.10. The van der Waals surface area contributed by atoms with Gasteiger partial charge in [-0.05, 0) is 30.7 Å². The summed E-state index contributed by atoms with van der Waals surface area (Å²) in [5.74, 6) is -1.41. The van der Waals surface area contributed by atoms with Crippen LogP contribution in [0.25, 0.3) is 0 Å². The smallest absolute Gasteiger partial charge is 0.337 e. The first-order chi connectivity index (χ1) is 8.54. The zero-order valence-corrected chi connectivity index (χ0v) is 10.1. The van der Waals surface area contributed by atoms with Crippen LogP contribution in [-0.2, 0) is 9.53 Å². The van der Waals surface area contributed by atoms with E-state index in [9.17, 15) is 9.59 Å². The first-order valence-electron chi connectivity index (χ1n) is 5.45. The molecule has 0 aliphatic carbocycles. The highest BCUT2D eigenvalue weighted by Crippen LogP contribution is 2.10. The summed E-state index contributed by atoms with van der Waals surface area (Å²) in [5, 5.41) is 11.6. The first kappa shape index (κ1) is 14.0. The SMILES string of the molecule is COC(=O)c1ccc(NCCC(N)C(=O)O)cc1. The van der Waals surface area contributed by atoms with Crippen LogP contribution in [0.5, 0.6) is 0 Å². The molecule has 6 nitrogen and oxygen atoms in total. The minimum Gasteiger partial charge on any atom is -0.480 e. The molecule has 0 aromatic heterocycles. The Bertz CT molecular complexity index is 417. The Morgan fingerprint density at radius 2 is 2.00 bits per heavy atom. The molecule has 0 fully saturated rings. The molecule has 1 aromatic carbocycles. The van der Waals surface area contributed by atoms with Gasteiger partial charge in [-0.25, -0.2) is 4.79 Å². The van der Waals surface area contributed by atoms with E-state index >= 15 is 0 Å². The molecule has 0 aliphatic rings. The van der Waals surface area contributed by atoms with Crippen LogP contribution in [-0.4, -0.2) is 36.7 Å². The summed E-state index contributed by atoms with van der Waals surface area (Å²) in [4.78, 5) is 21.7. The zero-order valence-electron chi connectivity index (χ0n) is 10.1. The van der Waals surface area contributed by atoms with Crippen molar-refractivity contribution >= 4 is 17.6 Å². The Kier molecular flexibility index (Phi) is 5.13. The number of hydrogen-bond acceptors (Lipinski definition) is 5. The van der Waals surface area contributed by atoms with Crippen LogP contribution in [0.4, 0.5) is 5.69 Å². The van der Waals surface area contributed by atoms with Crippen LogP contribution >= 0.6 is 0 Å². The molecule has 0 amide bonds. The lowest BCUT2D eigenvalue weighted by molar-refractivity contribution is -0.138. The number of rotatable bonds is 6. The molecule has 1 aromatic rings. The predicted octanol–water partition coefficient (Wildman–Crippen LogP) is 0.687. The van der Waals surface area contributed by atoms with Gasteiger partial charge in [0.05, 0.1) is 12.7 Å². The summed E-state index contributed by atoms with van der Waals surface area (Å²) < 4.78 is 4.57. The average molecular weight is 252 g/mol. The van der Waals surface area contributed by atoms with Gasteiger partial charge in [0, 0.05) is 12.2 Å². The molecule has 0 spiro atoms. The van der Waals surface area contributed by atoms with Gasteiger partial charge in [0.1, 0.15) is 6.04 Å². The summed E-state index contributed by atoms with van der Waals surface area (Å²) in [6, 6.07) is 5.83. The Balaban J connectivity index is 2.44. The van der Waals surface area contributed by atoms with Crippen LogP contribution in [0.3, 0.4) is 0 Å². The summed E-state index contributed by atoms with van der Waals surface area (Å²) >= 11 is 0. The van der Waals surface area contributed by atoms with Crippen LogP contribution in [0, 0.1) is 0 Å². The van der Waals surface area contributed by atoms with Gasteiger partial charge >= 0.3 is 11.9 Å². The van der Waals surface area contributed by atoms with Crippen molar-refractivity contribution < 1.29 is 19.4 Å². The highest BCUT2D eigenvalue weighted by atomic mass is 16.5. The Labute approximate surface area is 105 Å². The maximum atomic E-state index is 11.2. The van der Waals surface area contributed by atoms with Crippen LogP contribution in [0.1, 0.15) is 16.8 Å². The Morgan fingerprint density at radius 1 is 1.39 bits per heavy atom. The topological polar surface area (TPSA) is 102 Å². The molecule has 1 rings (SSSR count). The molecule has 1 atom stereocenters. The second kappa shape index (κ2) is 6.61. The molecule has 0 aliphatic heterocycles. The number of carbonyl (C=O) groups excluding carboxylic acids is 1. The van der Waals surface area contributed by atoms with E-state index in [1.54, 1.807) is 24.3 Å². The number of anilines is 1. The fourth-order valence-corrected chi connectivity index (χ4v) is 1.34. The van der Waals surface area contributed by atoms with E-state index in [2.05, 4.69) is 10.1 Å². The van der Waals surface area contributed by atoms with Crippen molar-refractivity contribution in [3.05, 3.63) is 29.8 Å². The molecule has 18 heavy (non-hydrogen) atoms. The van der Waals surface area contributed by atoms with Crippen molar-refractivity contribution in [1.82, 2.24) is 0 Å². The van der Waals surface area contributed by atoms with Gasteiger partial charge in [0.2, 0.25) is 0 Å². The van der Waals surface area contributed by atoms with Gasteiger partial charge in [-0.2, -0.15) is 0 Å². The lowest BCUT2D eigenvalue weighted by Gasteiger charge is -2.09. The number of carboxylic acids is 1. The highest BCUT2D eigenvalue weighted by molar-refractivity contribution is 5.89. The van der Waals surface area contributed by atoms with Crippen LogP contribution in [0.15, 0.2) is 24.3 Å². The third-order valence-corrected chi connectivity index (χ3v) is 2.41. The van der Waals surface area contributed by atoms with Crippen molar-refractivity contribution in [3.63, 3.8) is 0 Å². The summed E-state index contributed by atoms with van der Waals surface area (Å²) in [5.41, 5.74) is 6.62. The van der Waals surface area contributed by atoms with E-state index in [0.717, 1.165) is 5.69 Å². The van der Waals surface area contributed by atoms with Gasteiger partial charge in [-0.1, -0.05) is 0 Å². The molecule has 4 N–H and O–H groups in total. The van der Waals surface area contributed by atoms with E-state index in [-0.39, 0.29) is 0 Å². The largest absolute Gasteiger partial charge is 0.480 e. The first-order valence-corrected chi connectivity index (χ1v) is 5.45. The Morgan fingerprint density at radius 3 is 2.50 bits per heavy atom. The summed E-state index contributed by atoms with van der Waals surface area (Å²) in [7, 11) is 1.32. The number of nitrogens with one attached hydrogen (secondary N) is 1. The second-order valence-electron chi connectivity index (χ2n) is 3.73. The molecule has 6 heteroatoms. The van der Waals surface area contributed by atoms with E-state index < -0.39 is 18.0 Å². The molecule has 0 heterocycles. The van der Waals surface area contributed by atoms with Gasteiger partial charge in [-0.15, -0.1) is 0 Å². The molecule has 0 radical (unpaired) electrons. The molecule has 0 saturated heterocycles. The number of hydrogen-bond donors (Lipinski definition) is 3. The quantitative estimate of drug-likeness (QED) is 0.644. The number of esters is 1. The number of ether oxygens (including phenoxy) is 1. The molecule has 98 valence electrons. The minimum atomic E-state index is -1.02. The average Bonchev–Trinajstić information content (AvgIpc) is 2.38. The van der Waals surface area contributed by atoms with Crippen molar-refractivity contribution in [3.8, 4) is 0 Å². The van der Waals surface area contributed by atoms with E-state index in [4.69, 9.17) is 10.8 Å². The van der Waals surface area contributed by atoms with Gasteiger partial charge in [0.25, 0.3) is 0 Å². The van der Waals surface area contributed by atoms with Crippen LogP contribution in [0.2, 0.25) is 0 Å². The fraction of sp³-hybridized carbons (Fsp3) is 0.333. The van der Waals surface area contributed by atoms with Gasteiger partial charge in [-0.3, -0.25) is 4.79 Å². The third-order valence-electron chi connectivity index (χ3n) is 2.41. The lowest BCUT2D eigenvalue weighted by Crippen LogP contribution is -2.32. The van der Waals surface area contributed by atoms with Crippen molar-refractivity contribution in [2.24, 2.45) is 5.73 Å². The number of benzene rings is 1. The normalized spacial score (nSPS) is 11.7. The molecule has 0 bridgehead atoms. The van der Waals surface area contributed by atoms with Crippen molar-refractivity contribution in [2.75, 3.05) is 19.0 Å². The number of aliphatic carboxylic acids is 1. The maximum Gasteiger partial charge on any atom is 0.337 e. The van der Waals surface area contributed by atoms with Crippen LogP contribution < -0.4 is 11.1 Å². The molecular formula is C12H16N2O4. The van der Waals surface area contributed by atoms with E-state index in [1.165, 1.54) is 7.11 Å².